The van der Waals surface area contributed by atoms with E-state index in [1.165, 1.54) is 0 Å². The molecule has 1 aliphatic rings. The van der Waals surface area contributed by atoms with Gasteiger partial charge in [-0.1, -0.05) is 13.0 Å². The van der Waals surface area contributed by atoms with Crippen LogP contribution in [0.15, 0.2) is 36.9 Å². The van der Waals surface area contributed by atoms with Crippen molar-refractivity contribution in [2.75, 3.05) is 13.1 Å². The fourth-order valence-electron chi connectivity index (χ4n) is 3.42. The van der Waals surface area contributed by atoms with Gasteiger partial charge in [-0.3, -0.25) is 14.6 Å². The fourth-order valence-corrected chi connectivity index (χ4v) is 3.42. The smallest absolute Gasteiger partial charge is 0.308 e. The Kier molecular flexibility index (Phi) is 5.11. The lowest BCUT2D eigenvalue weighted by molar-refractivity contribution is -0.141. The SMILES string of the molecule is CCc1nccn1CCC(=O)N1C[C@@H](C(=O)O)[C@H](c2cccnc2)C1. The van der Waals surface area contributed by atoms with Gasteiger partial charge in [0.15, 0.2) is 0 Å². The number of carboxylic acid groups (broad SMARTS) is 1. The van der Waals surface area contributed by atoms with Crippen molar-refractivity contribution >= 4 is 11.9 Å². The van der Waals surface area contributed by atoms with Gasteiger partial charge in [0.1, 0.15) is 5.82 Å². The molecule has 0 spiro atoms. The normalized spacial score (nSPS) is 20.0. The molecule has 1 saturated heterocycles. The van der Waals surface area contributed by atoms with Crippen molar-refractivity contribution in [1.29, 1.82) is 0 Å². The van der Waals surface area contributed by atoms with Crippen LogP contribution in [0.5, 0.6) is 0 Å². The van der Waals surface area contributed by atoms with Crippen LogP contribution in [-0.4, -0.2) is 49.5 Å². The Morgan fingerprint density at radius 3 is 2.84 bits per heavy atom. The number of pyridine rings is 1. The van der Waals surface area contributed by atoms with Crippen molar-refractivity contribution in [3.63, 3.8) is 0 Å². The summed E-state index contributed by atoms with van der Waals surface area (Å²) in [5, 5.41) is 9.52. The van der Waals surface area contributed by atoms with Gasteiger partial charge >= 0.3 is 5.97 Å². The second kappa shape index (κ2) is 7.46. The lowest BCUT2D eigenvalue weighted by Gasteiger charge is -2.17. The quantitative estimate of drug-likeness (QED) is 0.860. The summed E-state index contributed by atoms with van der Waals surface area (Å²) in [6.45, 7) is 3.26. The fraction of sp³-hybridized carbons (Fsp3) is 0.444. The first-order chi connectivity index (χ1) is 12.1. The molecule has 1 aliphatic heterocycles. The Bertz CT molecular complexity index is 744. The molecule has 132 valence electrons. The van der Waals surface area contributed by atoms with Gasteiger partial charge in [-0.25, -0.2) is 4.98 Å². The summed E-state index contributed by atoms with van der Waals surface area (Å²) in [4.78, 5) is 34.2. The highest BCUT2D eigenvalue weighted by molar-refractivity contribution is 5.79. The Morgan fingerprint density at radius 2 is 2.16 bits per heavy atom. The van der Waals surface area contributed by atoms with Crippen LogP contribution >= 0.6 is 0 Å². The lowest BCUT2D eigenvalue weighted by Crippen LogP contribution is -2.30. The molecule has 1 N–H and O–H groups in total. The number of likely N-dealkylation sites (tertiary alicyclic amines) is 1. The average molecular weight is 342 g/mol. The first-order valence-electron chi connectivity index (χ1n) is 8.50. The van der Waals surface area contributed by atoms with Crippen molar-refractivity contribution < 1.29 is 14.7 Å². The van der Waals surface area contributed by atoms with Gasteiger partial charge in [-0.05, 0) is 11.6 Å². The number of aliphatic carboxylic acids is 1. The number of hydrogen-bond acceptors (Lipinski definition) is 4. The summed E-state index contributed by atoms with van der Waals surface area (Å²) in [5.74, 6) is -0.742. The first-order valence-corrected chi connectivity index (χ1v) is 8.50. The number of imidazole rings is 1. The Balaban J connectivity index is 1.66. The number of hydrogen-bond donors (Lipinski definition) is 1. The topological polar surface area (TPSA) is 88.3 Å². The van der Waals surface area contributed by atoms with E-state index in [4.69, 9.17) is 0 Å². The summed E-state index contributed by atoms with van der Waals surface area (Å²) >= 11 is 0. The minimum atomic E-state index is -0.868. The molecule has 2 atom stereocenters. The van der Waals surface area contributed by atoms with Crippen LogP contribution in [0.1, 0.15) is 30.7 Å². The third kappa shape index (κ3) is 3.70. The van der Waals surface area contributed by atoms with Crippen LogP contribution < -0.4 is 0 Å². The summed E-state index contributed by atoms with van der Waals surface area (Å²) in [7, 11) is 0. The predicted molar refractivity (Wildman–Crippen MR) is 90.9 cm³/mol. The number of aromatic nitrogens is 3. The van der Waals surface area contributed by atoms with Gasteiger partial charge in [0.05, 0.1) is 5.92 Å². The Labute approximate surface area is 146 Å². The number of aryl methyl sites for hydroxylation is 2. The molecule has 0 aromatic carbocycles. The van der Waals surface area contributed by atoms with Crippen LogP contribution in [0.4, 0.5) is 0 Å². The molecule has 2 aromatic rings. The Hall–Kier alpha value is -2.70. The van der Waals surface area contributed by atoms with E-state index in [9.17, 15) is 14.7 Å². The second-order valence-electron chi connectivity index (χ2n) is 6.28. The van der Waals surface area contributed by atoms with Gasteiger partial charge < -0.3 is 14.6 Å². The third-order valence-corrected chi connectivity index (χ3v) is 4.79. The third-order valence-electron chi connectivity index (χ3n) is 4.79. The molecule has 3 rings (SSSR count). The number of nitrogens with zero attached hydrogens (tertiary/aromatic N) is 4. The number of carboxylic acids is 1. The van der Waals surface area contributed by atoms with E-state index in [0.717, 1.165) is 17.8 Å². The monoisotopic (exact) mass is 342 g/mol. The summed E-state index contributed by atoms with van der Waals surface area (Å²) in [6, 6.07) is 3.67. The number of amides is 1. The van der Waals surface area contributed by atoms with Crippen LogP contribution in [-0.2, 0) is 22.6 Å². The van der Waals surface area contributed by atoms with E-state index in [1.54, 1.807) is 29.6 Å². The number of carbonyl (C=O) groups is 2. The van der Waals surface area contributed by atoms with Crippen molar-refractivity contribution in [1.82, 2.24) is 19.4 Å². The van der Waals surface area contributed by atoms with Crippen molar-refractivity contribution in [2.45, 2.75) is 32.2 Å². The van der Waals surface area contributed by atoms with Gasteiger partial charge in [-0.15, -0.1) is 0 Å². The summed E-state index contributed by atoms with van der Waals surface area (Å²) < 4.78 is 1.97. The average Bonchev–Trinajstić information content (AvgIpc) is 3.27. The summed E-state index contributed by atoms with van der Waals surface area (Å²) in [6.07, 6.45) is 8.11. The van der Waals surface area contributed by atoms with Crippen molar-refractivity contribution in [3.05, 3.63) is 48.3 Å². The van der Waals surface area contributed by atoms with Crippen LogP contribution in [0.3, 0.4) is 0 Å². The molecule has 7 heteroatoms. The van der Waals surface area contributed by atoms with Crippen molar-refractivity contribution in [2.24, 2.45) is 5.92 Å². The van der Waals surface area contributed by atoms with Gasteiger partial charge in [0, 0.05) is 63.2 Å². The maximum absolute atomic E-state index is 12.6. The maximum atomic E-state index is 12.6. The van der Waals surface area contributed by atoms with Gasteiger partial charge in [-0.2, -0.15) is 0 Å². The minimum absolute atomic E-state index is 0.0200. The number of carbonyl (C=O) groups excluding carboxylic acids is 1. The Morgan fingerprint density at radius 1 is 1.32 bits per heavy atom. The van der Waals surface area contributed by atoms with Gasteiger partial charge in [0.25, 0.3) is 0 Å². The van der Waals surface area contributed by atoms with E-state index >= 15 is 0 Å². The van der Waals surface area contributed by atoms with E-state index in [-0.39, 0.29) is 18.4 Å². The molecule has 0 bridgehead atoms. The first kappa shape index (κ1) is 17.1. The maximum Gasteiger partial charge on any atom is 0.308 e. The highest BCUT2D eigenvalue weighted by Gasteiger charge is 2.40. The van der Waals surface area contributed by atoms with E-state index < -0.39 is 11.9 Å². The predicted octanol–water partition coefficient (Wildman–Crippen LogP) is 1.56. The molecule has 3 heterocycles. The minimum Gasteiger partial charge on any atom is -0.481 e. The highest BCUT2D eigenvalue weighted by Crippen LogP contribution is 2.32. The van der Waals surface area contributed by atoms with Crippen LogP contribution in [0.2, 0.25) is 0 Å². The van der Waals surface area contributed by atoms with Crippen molar-refractivity contribution in [3.8, 4) is 0 Å². The van der Waals surface area contributed by atoms with Gasteiger partial charge in [0.2, 0.25) is 5.91 Å². The highest BCUT2D eigenvalue weighted by atomic mass is 16.4. The standard InChI is InChI=1S/C18H22N4O3/c1-2-16-20-7-9-21(16)8-5-17(23)22-11-14(15(12-22)18(24)25)13-4-3-6-19-10-13/h3-4,6-7,9-10,14-15H,2,5,8,11-12H2,1H3,(H,24,25)/t14-,15+/m0/s1. The molecule has 1 fully saturated rings. The molecule has 0 saturated carbocycles. The second-order valence-corrected chi connectivity index (χ2v) is 6.28. The zero-order chi connectivity index (χ0) is 17.8. The molecule has 1 amide bonds. The molecule has 0 aliphatic carbocycles. The van der Waals surface area contributed by atoms with E-state index in [2.05, 4.69) is 9.97 Å². The molecule has 25 heavy (non-hydrogen) atoms. The van der Waals surface area contributed by atoms with E-state index in [1.807, 2.05) is 23.8 Å². The molecule has 0 radical (unpaired) electrons. The zero-order valence-electron chi connectivity index (χ0n) is 14.2. The van der Waals surface area contributed by atoms with Crippen LogP contribution in [0, 0.1) is 5.92 Å². The van der Waals surface area contributed by atoms with Crippen LogP contribution in [0.25, 0.3) is 0 Å². The van der Waals surface area contributed by atoms with E-state index in [0.29, 0.717) is 19.5 Å². The molecule has 0 unspecified atom stereocenters. The molecular formula is C18H22N4O3. The zero-order valence-corrected chi connectivity index (χ0v) is 14.2. The number of rotatable bonds is 6. The summed E-state index contributed by atoms with van der Waals surface area (Å²) in [5.41, 5.74) is 0.869. The molecule has 2 aromatic heterocycles. The molecular weight excluding hydrogens is 320 g/mol. The lowest BCUT2D eigenvalue weighted by atomic mass is 9.90. The largest absolute Gasteiger partial charge is 0.481 e. The molecule has 7 nitrogen and oxygen atoms in total.